The third kappa shape index (κ3) is 12.6. The molecule has 0 bridgehead atoms. The van der Waals surface area contributed by atoms with Crippen LogP contribution in [0.15, 0.2) is 0 Å². The van der Waals surface area contributed by atoms with Crippen molar-refractivity contribution >= 4 is 15.3 Å². The van der Waals surface area contributed by atoms with E-state index in [-0.39, 0.29) is 1.43 Å². The number of nitrogens with one attached hydrogen (secondary N) is 2. The molecular weight excluding hydrogens is 49.6 g/mol. The van der Waals surface area contributed by atoms with Crippen molar-refractivity contribution in [1.82, 2.24) is 0 Å². The predicted molar refractivity (Wildman–Crippen MR) is 20.2 cm³/mol. The molecule has 4 heteroatoms. The van der Waals surface area contributed by atoms with Gasteiger partial charge in [0.05, 0.1) is 0 Å². The molecule has 0 aliphatic rings. The van der Waals surface area contributed by atoms with Crippen LogP contribution in [-0.4, -0.2) is 15.3 Å². The fourth-order valence-corrected chi connectivity index (χ4v) is 0. The van der Waals surface area contributed by atoms with Crippen molar-refractivity contribution in [2.75, 3.05) is 0 Å². The normalized spacial score (nSPS) is 6.00. The van der Waals surface area contributed by atoms with Gasteiger partial charge in [-0.2, -0.15) is 0 Å². The molecule has 0 fully saturated rings. The Labute approximate surface area is 33.1 Å². The van der Waals surface area contributed by atoms with Crippen LogP contribution in [0.2, 0.25) is 1.41 Å². The molecule has 0 aromatic heterocycles. The SMILES string of the molecule is [2H][3H].[3H]N=[B].[B]=N.[H+]. The molecule has 0 spiro atoms. The first-order valence-corrected chi connectivity index (χ1v) is 0.547. The van der Waals surface area contributed by atoms with E-state index in [1.165, 1.54) is 0 Å². The molecule has 2 radical (unpaired) electrons. The van der Waals surface area contributed by atoms with Gasteiger partial charge < -0.3 is 0 Å². The summed E-state index contributed by atoms with van der Waals surface area (Å²) >= 11 is 0. The van der Waals surface area contributed by atoms with E-state index in [0.717, 1.165) is 0 Å². The Kier molecular flexibility index (Phi) is 55.9. The molecule has 0 saturated heterocycles. The quantitative estimate of drug-likeness (QED) is 0.375. The number of rotatable bonds is 0. The monoisotopic (exact) mass is 60.1 g/mol. The van der Waals surface area contributed by atoms with Crippen LogP contribution in [0.3, 0.4) is 0 Å². The zero-order valence-corrected chi connectivity index (χ0v) is 2.10. The molecule has 2 N–H and O–H groups in total. The molecule has 4 heavy (non-hydrogen) atoms. The Morgan fingerprint density at radius 3 is 2.50 bits per heavy atom. The van der Waals surface area contributed by atoms with Crippen molar-refractivity contribution in [2.45, 2.75) is 0 Å². The zero-order valence-electron chi connectivity index (χ0n) is 6.10. The zero-order chi connectivity index (χ0) is 6.71. The van der Waals surface area contributed by atoms with E-state index in [9.17, 15) is 0 Å². The second-order valence-corrected chi connectivity index (χ2v) is 0. The van der Waals surface area contributed by atoms with Crippen LogP contribution in [0.5, 0.6) is 0 Å². The van der Waals surface area contributed by atoms with Gasteiger partial charge in [-0.1, -0.05) is 0 Å². The summed E-state index contributed by atoms with van der Waals surface area (Å²) in [6.07, 6.45) is 0. The molecule has 0 atom stereocenters. The van der Waals surface area contributed by atoms with Crippen molar-refractivity contribution in [3.63, 3.8) is 0 Å². The Hall–Kier alpha value is -0.270. The van der Waals surface area contributed by atoms with E-state index < -0.39 is 0 Å². The first kappa shape index (κ1) is 2.00. The smallest absolute Gasteiger partial charge is 1.00 e. The molecule has 0 rings (SSSR count). The fourth-order valence-electron chi connectivity index (χ4n) is 0. The molecule has 0 aliphatic heterocycles. The van der Waals surface area contributed by atoms with E-state index in [0.29, 0.717) is 0 Å². The average Bonchev–Trinajstić information content (AvgIpc) is 1.78. The third-order valence-corrected chi connectivity index (χ3v) is 0. The first-order valence-electron chi connectivity index (χ1n) is 1.99. The van der Waals surface area contributed by atoms with Gasteiger partial charge in [0, 0.05) is 2.97 Å². The summed E-state index contributed by atoms with van der Waals surface area (Å²) < 4.78 is 15.6. The van der Waals surface area contributed by atoms with E-state index >= 15 is 0 Å². The predicted octanol–water partition coefficient (Wildman–Crippen LogP) is 0.193. The summed E-state index contributed by atoms with van der Waals surface area (Å²) in [5.74, 6) is 0. The molecule has 0 amide bonds. The second-order valence-electron chi connectivity index (χ2n) is 0. The van der Waals surface area contributed by atoms with E-state index in [4.69, 9.17) is 9.69 Å². The summed E-state index contributed by atoms with van der Waals surface area (Å²) in [6, 6.07) is 0. The molecule has 0 heterocycles. The van der Waals surface area contributed by atoms with Gasteiger partial charge in [0.15, 0.2) is 0 Å². The fraction of sp³-hybridized carbons (Fsp3) is 0. The summed E-state index contributed by atoms with van der Waals surface area (Å²) in [6.45, 7) is 0. The van der Waals surface area contributed by atoms with E-state index in [1.807, 2.05) is 0 Å². The molecule has 0 aromatic carbocycles. The minimum atomic E-state index is 0. The topological polar surface area (TPSA) is 47.7 Å². The van der Waals surface area contributed by atoms with Gasteiger partial charge in [-0.15, -0.1) is 0 Å². The summed E-state index contributed by atoms with van der Waals surface area (Å²) in [7, 11) is 7.89. The van der Waals surface area contributed by atoms with Crippen LogP contribution < -0.4 is 0 Å². The average molecular weight is 59.7 g/mol. The van der Waals surface area contributed by atoms with Crippen molar-refractivity contribution in [3.8, 4) is 0 Å². The van der Waals surface area contributed by atoms with Crippen molar-refractivity contribution < 1.29 is 5.81 Å². The van der Waals surface area contributed by atoms with Crippen LogP contribution >= 0.6 is 0 Å². The minimum absolute atomic E-state index is 0. The Bertz CT molecular complexity index is 26.0. The maximum absolute atomic E-state index is 5.61. The molecule has 0 aliphatic carbocycles. The van der Waals surface area contributed by atoms with Crippen molar-refractivity contribution in [1.29, 1.82) is 10.6 Å². The van der Waals surface area contributed by atoms with E-state index in [2.05, 4.69) is 20.6 Å². The number of hydrogen-bond donors (Lipinski definition) is 2. The number of hydrogen-bond acceptors (Lipinski definition) is 2. The van der Waals surface area contributed by atoms with Gasteiger partial charge in [-0.05, 0) is 0 Å². The van der Waals surface area contributed by atoms with Gasteiger partial charge in [-0.3, -0.25) is 0 Å². The third-order valence-electron chi connectivity index (χ3n) is 0. The maximum atomic E-state index is 5.61. The Morgan fingerprint density at radius 2 is 2.50 bits per heavy atom. The van der Waals surface area contributed by atoms with Crippen LogP contribution in [0, 0.1) is 10.6 Å². The van der Waals surface area contributed by atoms with Crippen molar-refractivity contribution in [2.24, 2.45) is 0 Å². The van der Waals surface area contributed by atoms with Gasteiger partial charge in [0.1, 0.15) is 0 Å². The van der Waals surface area contributed by atoms with Crippen LogP contribution in [0.1, 0.15) is 4.40 Å². The summed E-state index contributed by atoms with van der Waals surface area (Å²) in [5, 5.41) is 7.50. The molecule has 2 nitrogen and oxygen atoms in total. The van der Waals surface area contributed by atoms with Gasteiger partial charge in [-0.25, -0.2) is 0 Å². The molecule has 0 aromatic rings. The molecule has 0 saturated carbocycles. The molecule has 20 valence electrons. The first-order chi connectivity index (χ1) is 3.41. The van der Waals surface area contributed by atoms with Gasteiger partial charge in [0.25, 0.3) is 0 Å². The van der Waals surface area contributed by atoms with Crippen LogP contribution in [0.4, 0.5) is 0 Å². The Morgan fingerprint density at radius 1 is 2.50 bits per heavy atom. The second kappa shape index (κ2) is 112. The van der Waals surface area contributed by atoms with Gasteiger partial charge in [0.2, 0.25) is 0 Å². The van der Waals surface area contributed by atoms with Gasteiger partial charge >= 0.3 is 28.7 Å². The Balaban J connectivity index is -0.0000000147. The maximum Gasteiger partial charge on any atom is 1.00 e. The largest absolute Gasteiger partial charge is 1.00 e. The standard InChI is InChI=1S/2BHN.H2/c2*1-2;/h2*2H;1H/p+1/i2T;;1+2D. The molecular formula is H5B2N2+. The van der Waals surface area contributed by atoms with Crippen LogP contribution in [0.25, 0.3) is 0 Å². The van der Waals surface area contributed by atoms with E-state index in [1.54, 1.807) is 0 Å². The summed E-state index contributed by atoms with van der Waals surface area (Å²) in [5.41, 5.74) is 0. The summed E-state index contributed by atoms with van der Waals surface area (Å²) in [4.78, 5) is 0. The van der Waals surface area contributed by atoms with Crippen molar-refractivity contribution in [3.05, 3.63) is 0 Å². The molecule has 0 unspecified atom stereocenters. The minimum Gasteiger partial charge on any atom is 1.00 e. The van der Waals surface area contributed by atoms with Crippen LogP contribution in [-0.2, 0) is 0 Å².